The monoisotopic (exact) mass is 206 g/mol. The summed E-state index contributed by atoms with van der Waals surface area (Å²) in [6.07, 6.45) is -0.632. The standard InChI is InChI=1S/C4H8N4O6/c1-2-4(3(9)10,7(13)5-11)8(14)6-12/h11-12H,2H2,1H3,(H,9,10)/p-2/b7-5-,8-6-. The van der Waals surface area contributed by atoms with Gasteiger partial charge >= 0.3 is 11.6 Å². The van der Waals surface area contributed by atoms with Crippen molar-refractivity contribution in [1.82, 2.24) is 0 Å². The predicted molar refractivity (Wildman–Crippen MR) is 39.5 cm³/mol. The topological polar surface area (TPSA) is 160 Å². The molecule has 0 atom stereocenters. The lowest BCUT2D eigenvalue weighted by molar-refractivity contribution is -0.812. The lowest BCUT2D eigenvalue weighted by Gasteiger charge is -2.20. The fraction of sp³-hybridized carbons (Fsp3) is 0.750. The van der Waals surface area contributed by atoms with Crippen LogP contribution in [0.4, 0.5) is 0 Å². The molecule has 80 valence electrons. The minimum atomic E-state index is -2.93. The van der Waals surface area contributed by atoms with E-state index >= 15 is 0 Å². The number of hydrogen-bond donors (Lipinski definition) is 1. The molecule has 0 aromatic rings. The Kier molecular flexibility index (Phi) is 3.56. The fourth-order valence-corrected chi connectivity index (χ4v) is 0.794. The summed E-state index contributed by atoms with van der Waals surface area (Å²) in [6, 6.07) is 0. The molecule has 10 heteroatoms. The van der Waals surface area contributed by atoms with Crippen LogP contribution in [-0.4, -0.2) is 26.5 Å². The van der Waals surface area contributed by atoms with Crippen molar-refractivity contribution in [2.45, 2.75) is 19.0 Å². The van der Waals surface area contributed by atoms with Crippen LogP contribution in [0.15, 0.2) is 10.6 Å². The zero-order valence-electron chi connectivity index (χ0n) is 6.98. The summed E-state index contributed by atoms with van der Waals surface area (Å²) in [5, 5.41) is 53.1. The van der Waals surface area contributed by atoms with E-state index in [2.05, 4.69) is 0 Å². The van der Waals surface area contributed by atoms with E-state index in [1.54, 1.807) is 10.6 Å². The number of nitrogens with zero attached hydrogens (tertiary/aromatic N) is 4. The molecule has 0 aliphatic heterocycles. The number of carboxylic acid groups (broad SMARTS) is 1. The molecule has 10 nitrogen and oxygen atoms in total. The van der Waals surface area contributed by atoms with Gasteiger partial charge in [0.1, 0.15) is 0 Å². The molecule has 0 spiro atoms. The van der Waals surface area contributed by atoms with Crippen LogP contribution in [0, 0.1) is 20.8 Å². The molecule has 0 fully saturated rings. The minimum absolute atomic E-state index is 0.632. The lowest BCUT2D eigenvalue weighted by Crippen LogP contribution is -2.53. The van der Waals surface area contributed by atoms with Crippen molar-refractivity contribution in [2.24, 2.45) is 10.6 Å². The van der Waals surface area contributed by atoms with E-state index in [0.717, 1.165) is 6.92 Å². The van der Waals surface area contributed by atoms with E-state index in [9.17, 15) is 25.6 Å². The second-order valence-corrected chi connectivity index (χ2v) is 2.18. The Morgan fingerprint density at radius 3 is 1.86 bits per heavy atom. The van der Waals surface area contributed by atoms with Crippen LogP contribution in [0.25, 0.3) is 0 Å². The smallest absolute Gasteiger partial charge is 0.513 e. The maximum atomic E-state index is 10.7. The summed E-state index contributed by atoms with van der Waals surface area (Å²) >= 11 is 0. The Morgan fingerprint density at radius 1 is 1.36 bits per heavy atom. The number of aliphatic carboxylic acids is 1. The van der Waals surface area contributed by atoms with E-state index in [1.165, 1.54) is 0 Å². The fourth-order valence-electron chi connectivity index (χ4n) is 0.794. The summed E-state index contributed by atoms with van der Waals surface area (Å²) in [7, 11) is 0. The van der Waals surface area contributed by atoms with Crippen LogP contribution in [0.1, 0.15) is 13.3 Å². The maximum Gasteiger partial charge on any atom is 0.513 e. The Bertz CT molecular complexity index is 268. The molecular formula is C4H6N4O6-2. The third-order valence-electron chi connectivity index (χ3n) is 1.62. The number of hydrogen-bond acceptors (Lipinski definition) is 7. The molecule has 0 rings (SSSR count). The Morgan fingerprint density at radius 2 is 1.71 bits per heavy atom. The van der Waals surface area contributed by atoms with E-state index < -0.39 is 27.8 Å². The van der Waals surface area contributed by atoms with Crippen molar-refractivity contribution in [2.75, 3.05) is 0 Å². The van der Waals surface area contributed by atoms with Gasteiger partial charge < -0.3 is 25.9 Å². The quantitative estimate of drug-likeness (QED) is 0.296. The van der Waals surface area contributed by atoms with Crippen molar-refractivity contribution in [3.05, 3.63) is 20.8 Å². The molecule has 0 saturated carbocycles. The van der Waals surface area contributed by atoms with Crippen LogP contribution >= 0.6 is 0 Å². The van der Waals surface area contributed by atoms with Crippen LogP contribution < -0.4 is 0 Å². The van der Waals surface area contributed by atoms with E-state index in [-0.39, 0.29) is 0 Å². The van der Waals surface area contributed by atoms with E-state index in [1.807, 2.05) is 0 Å². The summed E-state index contributed by atoms with van der Waals surface area (Å²) < 4.78 is 0. The maximum absolute atomic E-state index is 10.7. The molecule has 0 aliphatic rings. The number of carbonyl (C=O) groups is 1. The average Bonchev–Trinajstić information content (AvgIpc) is 2.18. The SMILES string of the molecule is CCC(C(=O)O)(/[N+]([O-])=N/[O-])/[N+]([O-])=N/[O-]. The molecule has 0 unspecified atom stereocenters. The molecule has 1 N–H and O–H groups in total. The van der Waals surface area contributed by atoms with Gasteiger partial charge in [0, 0.05) is 0 Å². The van der Waals surface area contributed by atoms with Gasteiger partial charge in [0.15, 0.2) is 0 Å². The molecule has 0 saturated heterocycles. The highest BCUT2D eigenvalue weighted by Gasteiger charge is 2.58. The van der Waals surface area contributed by atoms with Crippen LogP contribution in [0.5, 0.6) is 0 Å². The third-order valence-corrected chi connectivity index (χ3v) is 1.62. The summed E-state index contributed by atoms with van der Waals surface area (Å²) in [4.78, 5) is 8.75. The first-order valence-electron chi connectivity index (χ1n) is 3.32. The van der Waals surface area contributed by atoms with Crippen LogP contribution in [0.3, 0.4) is 0 Å². The van der Waals surface area contributed by atoms with Crippen molar-refractivity contribution in [1.29, 1.82) is 0 Å². The second-order valence-electron chi connectivity index (χ2n) is 2.18. The molecule has 14 heavy (non-hydrogen) atoms. The molecule has 0 aromatic carbocycles. The molecule has 0 aromatic heterocycles. The molecule has 0 bridgehead atoms. The summed E-state index contributed by atoms with van der Waals surface area (Å²) in [5.41, 5.74) is -2.93. The normalized spacial score (nSPS) is 14.1. The zero-order valence-corrected chi connectivity index (χ0v) is 6.98. The van der Waals surface area contributed by atoms with Crippen molar-refractivity contribution in [3.63, 3.8) is 0 Å². The largest absolute Gasteiger partial charge is 0.739 e. The van der Waals surface area contributed by atoms with E-state index in [0.29, 0.717) is 0 Å². The summed E-state index contributed by atoms with van der Waals surface area (Å²) in [6.45, 7) is 1.11. The van der Waals surface area contributed by atoms with Gasteiger partial charge in [0.2, 0.25) is 0 Å². The number of rotatable bonds is 4. The predicted octanol–water partition coefficient (Wildman–Crippen LogP) is 0.0979. The van der Waals surface area contributed by atoms with Gasteiger partial charge in [0.05, 0.1) is 6.42 Å². The van der Waals surface area contributed by atoms with Gasteiger partial charge in [-0.15, -0.1) is 0 Å². The minimum Gasteiger partial charge on any atom is -0.739 e. The Balaban J connectivity index is 5.55. The number of hydroxylamine groups is 2. The van der Waals surface area contributed by atoms with Gasteiger partial charge in [-0.1, -0.05) is 6.92 Å². The Labute approximate surface area is 77.1 Å². The molecule has 0 amide bonds. The summed E-state index contributed by atoms with van der Waals surface area (Å²) in [5.74, 6) is -1.98. The van der Waals surface area contributed by atoms with Crippen LogP contribution in [-0.2, 0) is 4.79 Å². The number of carboxylic acids is 1. The third kappa shape index (κ3) is 1.48. The zero-order chi connectivity index (χ0) is 11.4. The first-order chi connectivity index (χ1) is 6.47. The second kappa shape index (κ2) is 4.20. The highest BCUT2D eigenvalue weighted by Crippen LogP contribution is 2.17. The van der Waals surface area contributed by atoms with Gasteiger partial charge in [-0.25, -0.2) is 4.79 Å². The van der Waals surface area contributed by atoms with Gasteiger partial charge in [-0.2, -0.15) is 0 Å². The average molecular weight is 206 g/mol. The van der Waals surface area contributed by atoms with Crippen molar-refractivity contribution >= 4 is 5.97 Å². The Hall–Kier alpha value is -2.13. The molecule has 0 radical (unpaired) electrons. The highest BCUT2D eigenvalue weighted by atomic mass is 16.6. The van der Waals surface area contributed by atoms with Crippen LogP contribution in [0.2, 0.25) is 0 Å². The van der Waals surface area contributed by atoms with Gasteiger partial charge in [-0.05, 0) is 20.3 Å². The van der Waals surface area contributed by atoms with Crippen molar-refractivity contribution < 1.29 is 19.6 Å². The van der Waals surface area contributed by atoms with Gasteiger partial charge in [0.25, 0.3) is 0 Å². The molecule has 0 heterocycles. The van der Waals surface area contributed by atoms with E-state index in [4.69, 9.17) is 5.11 Å². The molecular weight excluding hydrogens is 200 g/mol. The molecule has 0 aliphatic carbocycles. The van der Waals surface area contributed by atoms with Gasteiger partial charge in [-0.3, -0.25) is 0 Å². The first-order valence-corrected chi connectivity index (χ1v) is 3.32. The van der Waals surface area contributed by atoms with Crippen molar-refractivity contribution in [3.8, 4) is 0 Å². The lowest BCUT2D eigenvalue weighted by atomic mass is 10.1. The highest BCUT2D eigenvalue weighted by molar-refractivity contribution is 5.74. The first kappa shape index (κ1) is 11.9.